The highest BCUT2D eigenvalue weighted by Crippen LogP contribution is 2.15. The van der Waals surface area contributed by atoms with Gasteiger partial charge in [0.1, 0.15) is 6.16 Å². The maximum absolute atomic E-state index is 11.7. The minimum Gasteiger partial charge on any atom is -0.629 e. The van der Waals surface area contributed by atoms with Gasteiger partial charge in [-0.25, -0.2) is 4.79 Å². The Labute approximate surface area is 110 Å². The number of nitrogens with zero attached hydrogens (tertiary/aromatic N) is 1. The Morgan fingerprint density at radius 3 is 2.44 bits per heavy atom. The topological polar surface area (TPSA) is 69.6 Å². The first kappa shape index (κ1) is 17.3. The second kappa shape index (κ2) is 7.64. The number of carbonyl (C=O) groups excluding carboxylic acids is 1. The molecule has 1 atom stereocenters. The van der Waals surface area contributed by atoms with Crippen molar-refractivity contribution in [3.8, 4) is 0 Å². The van der Waals surface area contributed by atoms with Crippen molar-refractivity contribution < 1.29 is 24.0 Å². The van der Waals surface area contributed by atoms with Crippen molar-refractivity contribution in [2.45, 2.75) is 13.3 Å². The van der Waals surface area contributed by atoms with Gasteiger partial charge in [0, 0.05) is 12.0 Å². The lowest BCUT2D eigenvalue weighted by Crippen LogP contribution is -2.39. The molecule has 0 amide bonds. The predicted octanol–water partition coefficient (Wildman–Crippen LogP) is 0.462. The van der Waals surface area contributed by atoms with Crippen molar-refractivity contribution in [1.29, 1.82) is 0 Å². The molecule has 0 saturated heterocycles. The van der Waals surface area contributed by atoms with Crippen LogP contribution in [0.25, 0.3) is 0 Å². The van der Waals surface area contributed by atoms with Gasteiger partial charge in [-0.15, -0.1) is 0 Å². The van der Waals surface area contributed by atoms with Crippen LogP contribution in [-0.4, -0.2) is 61.5 Å². The van der Waals surface area contributed by atoms with Gasteiger partial charge in [0.15, 0.2) is 6.54 Å². The Morgan fingerprint density at radius 1 is 1.44 bits per heavy atom. The third-order valence-electron chi connectivity index (χ3n) is 1.99. The van der Waals surface area contributed by atoms with Gasteiger partial charge in [-0.3, -0.25) is 0 Å². The van der Waals surface area contributed by atoms with E-state index < -0.39 is 13.7 Å². The van der Waals surface area contributed by atoms with Gasteiger partial charge in [-0.05, 0) is 6.92 Å². The zero-order chi connectivity index (χ0) is 14.3. The summed E-state index contributed by atoms with van der Waals surface area (Å²) in [6.45, 7) is 5.59. The van der Waals surface area contributed by atoms with Crippen LogP contribution in [0.2, 0.25) is 0 Å². The van der Waals surface area contributed by atoms with Crippen LogP contribution >= 0.6 is 7.77 Å². The number of ether oxygens (including phenoxy) is 1. The van der Waals surface area contributed by atoms with Gasteiger partial charge in [-0.2, -0.15) is 0 Å². The molecule has 6 heteroatoms. The molecular weight excluding hydrogens is 253 g/mol. The third kappa shape index (κ3) is 8.37. The monoisotopic (exact) mass is 276 g/mol. The average Bonchev–Trinajstić information content (AvgIpc) is 2.20. The molecule has 0 aromatic heterocycles. The van der Waals surface area contributed by atoms with Crippen LogP contribution in [0.5, 0.6) is 0 Å². The van der Waals surface area contributed by atoms with Crippen LogP contribution < -0.4 is 4.89 Å². The smallest absolute Gasteiger partial charge is 0.333 e. The third-order valence-corrected chi connectivity index (χ3v) is 3.43. The number of hydrogen-bond acceptors (Lipinski definition) is 3. The lowest BCUT2D eigenvalue weighted by atomic mass is 10.4. The highest BCUT2D eigenvalue weighted by molar-refractivity contribution is 7.51. The molecule has 1 N–H and O–H groups in total. The first-order chi connectivity index (χ1) is 8.13. The predicted molar refractivity (Wildman–Crippen MR) is 72.0 cm³/mol. The van der Waals surface area contributed by atoms with E-state index in [0.29, 0.717) is 29.2 Å². The number of quaternary nitrogens is 1. The van der Waals surface area contributed by atoms with E-state index in [4.69, 9.17) is 4.74 Å². The molecule has 0 fully saturated rings. The van der Waals surface area contributed by atoms with E-state index in [1.807, 2.05) is 21.1 Å². The lowest BCUT2D eigenvalue weighted by molar-refractivity contribution is -0.861. The number of likely N-dealkylation sites (N-methyl/N-ethyl adjacent to an activating group) is 1. The quantitative estimate of drug-likeness (QED) is 0.241. The normalized spacial score (nSPS) is 13.0. The number of aliphatic hydroxyl groups is 1. The zero-order valence-corrected chi connectivity index (χ0v) is 12.5. The van der Waals surface area contributed by atoms with Crippen molar-refractivity contribution in [3.05, 3.63) is 12.2 Å². The summed E-state index contributed by atoms with van der Waals surface area (Å²) in [6.07, 6.45) is 0.792. The van der Waals surface area contributed by atoms with E-state index in [2.05, 4.69) is 6.58 Å². The summed E-state index contributed by atoms with van der Waals surface area (Å²) in [5, 5.41) is 9.65. The zero-order valence-electron chi connectivity index (χ0n) is 11.6. The maximum atomic E-state index is 11.7. The largest absolute Gasteiger partial charge is 0.629 e. The van der Waals surface area contributed by atoms with Crippen molar-refractivity contribution in [3.63, 3.8) is 0 Å². The molecular formula is C12H23NO4P+. The van der Waals surface area contributed by atoms with Gasteiger partial charge >= 0.3 is 5.97 Å². The van der Waals surface area contributed by atoms with E-state index in [-0.39, 0.29) is 12.1 Å². The first-order valence-electron chi connectivity index (χ1n) is 5.76. The number of esters is 1. The summed E-state index contributed by atoms with van der Waals surface area (Å²) < 4.78 is 5.40. The molecule has 1 unspecified atom stereocenters. The second-order valence-corrected chi connectivity index (χ2v) is 6.96. The minimum atomic E-state index is -1.76. The summed E-state index contributed by atoms with van der Waals surface area (Å²) in [7, 11) is 3.97. The van der Waals surface area contributed by atoms with Crippen molar-refractivity contribution in [2.24, 2.45) is 0 Å². The Balaban J connectivity index is 4.03. The lowest BCUT2D eigenvalue weighted by Gasteiger charge is -2.22. The Morgan fingerprint density at radius 2 is 2.00 bits per heavy atom. The molecule has 0 radical (unpaired) electrons. The van der Waals surface area contributed by atoms with Crippen LogP contribution in [0.15, 0.2) is 12.2 Å². The molecule has 0 aliphatic heterocycles. The van der Waals surface area contributed by atoms with E-state index in [1.54, 1.807) is 6.92 Å². The van der Waals surface area contributed by atoms with Crippen LogP contribution in [0.1, 0.15) is 13.3 Å². The Kier molecular flexibility index (Phi) is 7.33. The van der Waals surface area contributed by atoms with Gasteiger partial charge in [0.2, 0.25) is 0 Å². The minimum absolute atomic E-state index is 0.0173. The summed E-state index contributed by atoms with van der Waals surface area (Å²) in [4.78, 5) is 22.7. The highest BCUT2D eigenvalue weighted by Gasteiger charge is 2.17. The fourth-order valence-electron chi connectivity index (χ4n) is 1.13. The molecule has 0 aromatic rings. The Bertz CT molecular complexity index is 344. The van der Waals surface area contributed by atoms with Gasteiger partial charge in [0.25, 0.3) is 5.48 Å². The van der Waals surface area contributed by atoms with Crippen LogP contribution in [0, 0.1) is 0 Å². The second-order valence-electron chi connectivity index (χ2n) is 5.24. The molecule has 18 heavy (non-hydrogen) atoms. The van der Waals surface area contributed by atoms with Gasteiger partial charge in [0.05, 0.1) is 35.5 Å². The SMILES string of the molecule is C=C(C)C(=O)OCCC/[P+]([O-])=C(\O)C[N+](C)(C)C. The summed E-state index contributed by atoms with van der Waals surface area (Å²) in [5.74, 6) is -0.440. The fraction of sp³-hybridized carbons (Fsp3) is 0.667. The standard InChI is InChI=1S/C12H22NO4P/c1-10(2)12(15)17-7-6-8-18(16)11(14)9-13(3,4)5/h1,6-9H2,2-5H3/p+1. The summed E-state index contributed by atoms with van der Waals surface area (Å²) in [6, 6.07) is 0. The Hall–Kier alpha value is -0.740. The fourth-order valence-corrected chi connectivity index (χ4v) is 2.38. The molecule has 0 aliphatic rings. The number of carbonyl (C=O) groups is 1. The van der Waals surface area contributed by atoms with Crippen molar-refractivity contribution >= 4 is 19.2 Å². The van der Waals surface area contributed by atoms with E-state index in [1.165, 1.54) is 0 Å². The number of rotatable bonds is 7. The van der Waals surface area contributed by atoms with Crippen LogP contribution in [-0.2, 0) is 9.53 Å². The number of hydrogen-bond donors (Lipinski definition) is 1. The number of aliphatic hydroxyl groups excluding tert-OH is 1. The highest BCUT2D eigenvalue weighted by atomic mass is 31.1. The summed E-state index contributed by atoms with van der Waals surface area (Å²) >= 11 is 0. The van der Waals surface area contributed by atoms with Gasteiger partial charge in [-0.1, -0.05) is 6.58 Å². The molecule has 0 aliphatic carbocycles. The average molecular weight is 276 g/mol. The molecule has 104 valence electrons. The molecule has 5 nitrogen and oxygen atoms in total. The maximum Gasteiger partial charge on any atom is 0.333 e. The molecule has 0 spiro atoms. The van der Waals surface area contributed by atoms with E-state index in [0.717, 1.165) is 0 Å². The van der Waals surface area contributed by atoms with E-state index in [9.17, 15) is 14.8 Å². The molecule has 0 aromatic carbocycles. The molecule has 0 rings (SSSR count). The first-order valence-corrected chi connectivity index (χ1v) is 7.20. The van der Waals surface area contributed by atoms with Gasteiger partial charge < -0.3 is 19.2 Å². The van der Waals surface area contributed by atoms with Crippen molar-refractivity contribution in [2.75, 3.05) is 40.5 Å². The molecule has 0 saturated carbocycles. The van der Waals surface area contributed by atoms with Crippen molar-refractivity contribution in [1.82, 2.24) is 0 Å². The van der Waals surface area contributed by atoms with Crippen LogP contribution in [0.4, 0.5) is 0 Å². The van der Waals surface area contributed by atoms with Crippen LogP contribution in [0.3, 0.4) is 0 Å². The molecule has 0 bridgehead atoms. The molecule has 0 heterocycles. The summed E-state index contributed by atoms with van der Waals surface area (Å²) in [5.41, 5.74) is 0.363. The van der Waals surface area contributed by atoms with E-state index >= 15 is 0 Å².